The van der Waals surface area contributed by atoms with E-state index in [1.54, 1.807) is 0 Å². The van der Waals surface area contributed by atoms with E-state index in [1.807, 2.05) is 0 Å². The van der Waals surface area contributed by atoms with Crippen molar-refractivity contribution >= 4 is 0 Å². The van der Waals surface area contributed by atoms with Crippen LogP contribution in [0.15, 0.2) is 0 Å². The molecule has 0 aromatic carbocycles. The van der Waals surface area contributed by atoms with Gasteiger partial charge >= 0.3 is 0 Å². The van der Waals surface area contributed by atoms with E-state index >= 15 is 0 Å². The van der Waals surface area contributed by atoms with Gasteiger partial charge in [0.05, 0.1) is 0 Å². The molecule has 1 radical (unpaired) electrons. The van der Waals surface area contributed by atoms with Crippen molar-refractivity contribution in [2.75, 3.05) is 6.54 Å². The molecule has 1 atom stereocenters. The minimum absolute atomic E-state index is 0.0955. The summed E-state index contributed by atoms with van der Waals surface area (Å²) in [7, 11) is 0. The Balaban J connectivity index is 2.71. The molecule has 1 fully saturated rings. The second-order valence-electron chi connectivity index (χ2n) is 4.71. The van der Waals surface area contributed by atoms with Crippen LogP contribution < -0.4 is 11.1 Å². The van der Waals surface area contributed by atoms with Gasteiger partial charge in [0.25, 0.3) is 0 Å². The molecule has 0 aromatic heterocycles. The van der Waals surface area contributed by atoms with Crippen molar-refractivity contribution in [3.05, 3.63) is 0 Å². The molecule has 0 bridgehead atoms. The third-order valence-corrected chi connectivity index (χ3v) is 2.62. The zero-order valence-electron chi connectivity index (χ0n) is 8.02. The summed E-state index contributed by atoms with van der Waals surface area (Å²) in [5.41, 5.74) is 5.91. The van der Waals surface area contributed by atoms with Gasteiger partial charge in [-0.3, -0.25) is 0 Å². The summed E-state index contributed by atoms with van der Waals surface area (Å²) in [6.45, 7) is 9.49. The van der Waals surface area contributed by atoms with Gasteiger partial charge in [-0.1, -0.05) is 0 Å². The number of hydrogen-bond acceptors (Lipinski definition) is 1. The van der Waals surface area contributed by atoms with Crippen LogP contribution in [0.25, 0.3) is 0 Å². The van der Waals surface area contributed by atoms with E-state index in [-0.39, 0.29) is 11.1 Å². The fraction of sp³-hybridized carbons (Fsp3) is 1.00. The molecule has 1 aliphatic heterocycles. The van der Waals surface area contributed by atoms with Crippen molar-refractivity contribution < 1.29 is 0 Å². The zero-order chi connectivity index (χ0) is 8.70. The summed E-state index contributed by atoms with van der Waals surface area (Å²) in [4.78, 5) is 0. The minimum atomic E-state index is 0.0955. The van der Waals surface area contributed by atoms with Gasteiger partial charge in [0.15, 0.2) is 0 Å². The number of rotatable bonds is 1. The average molecular weight is 155 g/mol. The van der Waals surface area contributed by atoms with E-state index in [9.17, 15) is 0 Å². The summed E-state index contributed by atoms with van der Waals surface area (Å²) >= 11 is 0. The van der Waals surface area contributed by atoms with Crippen molar-refractivity contribution in [1.82, 2.24) is 5.32 Å². The first-order valence-corrected chi connectivity index (χ1v) is 4.31. The van der Waals surface area contributed by atoms with Gasteiger partial charge in [-0.2, -0.15) is 0 Å². The second kappa shape index (κ2) is 2.46. The van der Waals surface area contributed by atoms with Crippen LogP contribution in [-0.4, -0.2) is 17.6 Å². The lowest BCUT2D eigenvalue weighted by molar-refractivity contribution is 0.318. The van der Waals surface area contributed by atoms with Crippen LogP contribution in [0.3, 0.4) is 0 Å². The number of nitrogens with two attached hydrogens (primary N) is 1. The summed E-state index contributed by atoms with van der Waals surface area (Å²) in [6.07, 6.45) is 1.14. The first-order valence-electron chi connectivity index (χ1n) is 4.31. The molecule has 2 N–H and O–H groups in total. The average Bonchev–Trinajstić information content (AvgIpc) is 1.99. The molecule has 0 aromatic rings. The monoisotopic (exact) mass is 155 g/mol. The maximum Gasteiger partial charge on any atom is 0.0347 e. The highest BCUT2D eigenvalue weighted by atomic mass is 15.1. The van der Waals surface area contributed by atoms with Crippen LogP contribution >= 0.6 is 0 Å². The highest BCUT2D eigenvalue weighted by molar-refractivity contribution is 5.02. The van der Waals surface area contributed by atoms with Crippen molar-refractivity contribution in [1.29, 1.82) is 0 Å². The van der Waals surface area contributed by atoms with Crippen molar-refractivity contribution in [2.24, 2.45) is 11.7 Å². The molecule has 2 nitrogen and oxygen atoms in total. The quantitative estimate of drug-likeness (QED) is 0.605. The van der Waals surface area contributed by atoms with E-state index in [2.05, 4.69) is 27.7 Å². The van der Waals surface area contributed by atoms with Crippen molar-refractivity contribution in [3.63, 3.8) is 0 Å². The van der Waals surface area contributed by atoms with Gasteiger partial charge in [0.2, 0.25) is 0 Å². The minimum Gasteiger partial charge on any atom is -0.330 e. The van der Waals surface area contributed by atoms with Gasteiger partial charge in [-0.05, 0) is 46.6 Å². The fourth-order valence-electron chi connectivity index (χ4n) is 2.14. The molecular weight excluding hydrogens is 136 g/mol. The summed E-state index contributed by atoms with van der Waals surface area (Å²) < 4.78 is 0. The highest BCUT2D eigenvalue weighted by Crippen LogP contribution is 2.36. The van der Waals surface area contributed by atoms with E-state index in [4.69, 9.17) is 11.1 Å². The van der Waals surface area contributed by atoms with Crippen LogP contribution in [0.4, 0.5) is 0 Å². The van der Waals surface area contributed by atoms with Gasteiger partial charge in [0, 0.05) is 11.1 Å². The predicted molar refractivity (Wildman–Crippen MR) is 47.5 cm³/mol. The standard InChI is InChI=1S/C9H19N2/c1-8(2)5-7(6-10)9(3,4)11-8/h7H,5-6,10H2,1-4H3. The van der Waals surface area contributed by atoms with E-state index in [0.29, 0.717) is 5.92 Å². The Kier molecular flexibility index (Phi) is 2.01. The zero-order valence-corrected chi connectivity index (χ0v) is 8.02. The van der Waals surface area contributed by atoms with Crippen LogP contribution in [0.5, 0.6) is 0 Å². The van der Waals surface area contributed by atoms with Crippen LogP contribution in [0, 0.1) is 5.92 Å². The lowest BCUT2D eigenvalue weighted by Crippen LogP contribution is -2.40. The Morgan fingerprint density at radius 2 is 1.91 bits per heavy atom. The van der Waals surface area contributed by atoms with Crippen molar-refractivity contribution in [2.45, 2.75) is 45.2 Å². The Labute approximate surface area is 69.5 Å². The van der Waals surface area contributed by atoms with E-state index < -0.39 is 0 Å². The molecule has 2 heteroatoms. The molecule has 0 saturated carbocycles. The highest BCUT2D eigenvalue weighted by Gasteiger charge is 2.44. The van der Waals surface area contributed by atoms with Crippen LogP contribution in [-0.2, 0) is 0 Å². The molecule has 11 heavy (non-hydrogen) atoms. The largest absolute Gasteiger partial charge is 0.330 e. The number of nitrogens with zero attached hydrogens (tertiary/aromatic N) is 1. The Morgan fingerprint density at radius 1 is 1.36 bits per heavy atom. The SMILES string of the molecule is CC1(C)CC(CN)C(C)(C)[N]1. The molecule has 1 saturated heterocycles. The Morgan fingerprint density at radius 3 is 2.09 bits per heavy atom. The summed E-state index contributed by atoms with van der Waals surface area (Å²) in [5.74, 6) is 0.567. The van der Waals surface area contributed by atoms with E-state index in [0.717, 1.165) is 13.0 Å². The Hall–Kier alpha value is -0.0800. The normalized spacial score (nSPS) is 34.1. The van der Waals surface area contributed by atoms with Gasteiger partial charge < -0.3 is 5.73 Å². The molecule has 0 spiro atoms. The summed E-state index contributed by atoms with van der Waals surface area (Å²) in [5, 5.41) is 4.73. The summed E-state index contributed by atoms with van der Waals surface area (Å²) in [6, 6.07) is 0. The second-order valence-corrected chi connectivity index (χ2v) is 4.71. The first kappa shape index (κ1) is 9.01. The lowest BCUT2D eigenvalue weighted by atomic mass is 9.87. The number of hydrogen-bond donors (Lipinski definition) is 1. The first-order chi connectivity index (χ1) is 4.87. The van der Waals surface area contributed by atoms with Crippen LogP contribution in [0.2, 0.25) is 0 Å². The predicted octanol–water partition coefficient (Wildman–Crippen LogP) is 1.13. The van der Waals surface area contributed by atoms with Crippen molar-refractivity contribution in [3.8, 4) is 0 Å². The molecule has 1 unspecified atom stereocenters. The lowest BCUT2D eigenvalue weighted by Gasteiger charge is -2.25. The smallest absolute Gasteiger partial charge is 0.0347 e. The van der Waals surface area contributed by atoms with E-state index in [1.165, 1.54) is 0 Å². The topological polar surface area (TPSA) is 40.1 Å². The van der Waals surface area contributed by atoms with Gasteiger partial charge in [-0.25, -0.2) is 5.32 Å². The maximum absolute atomic E-state index is 5.67. The maximum atomic E-state index is 5.67. The molecule has 0 aliphatic carbocycles. The Bertz CT molecular complexity index is 150. The molecule has 1 heterocycles. The molecule has 65 valence electrons. The molecule has 0 amide bonds. The molecule has 1 aliphatic rings. The van der Waals surface area contributed by atoms with Gasteiger partial charge in [-0.15, -0.1) is 0 Å². The molecular formula is C9H19N2. The fourth-order valence-corrected chi connectivity index (χ4v) is 2.14. The third-order valence-electron chi connectivity index (χ3n) is 2.62. The molecule has 1 rings (SSSR count). The van der Waals surface area contributed by atoms with Crippen LogP contribution in [0.1, 0.15) is 34.1 Å². The third kappa shape index (κ3) is 1.74. The van der Waals surface area contributed by atoms with Gasteiger partial charge in [0.1, 0.15) is 0 Å².